The van der Waals surface area contributed by atoms with Crippen LogP contribution in [0, 0.1) is 11.7 Å². The number of hydrogen-bond donors (Lipinski definition) is 2. The standard InChI is InChI=1S/C12H15ClFNO.ClH/c13-10-6-8(14)4-5-9(10)11(15)12(16)7-2-1-3-7;/h4-7,11-12,16H,1-3,15H2;1H/t11-,12+;/m1./s1. The van der Waals surface area contributed by atoms with Crippen LogP contribution in [0.5, 0.6) is 0 Å². The highest BCUT2D eigenvalue weighted by atomic mass is 35.5. The molecule has 0 unspecified atom stereocenters. The van der Waals surface area contributed by atoms with E-state index in [0.717, 1.165) is 19.3 Å². The SMILES string of the molecule is Cl.N[C@H](c1ccc(F)cc1Cl)[C@@H](O)C1CCC1. The molecule has 0 radical (unpaired) electrons. The molecule has 0 aliphatic heterocycles. The Bertz CT molecular complexity index is 385. The van der Waals surface area contributed by atoms with Crippen molar-refractivity contribution in [1.82, 2.24) is 0 Å². The Hall–Kier alpha value is -0.350. The highest BCUT2D eigenvalue weighted by Crippen LogP contribution is 2.35. The minimum atomic E-state index is -0.586. The fourth-order valence-electron chi connectivity index (χ4n) is 2.03. The maximum atomic E-state index is 12.9. The molecule has 0 saturated heterocycles. The Balaban J connectivity index is 0.00000144. The third-order valence-electron chi connectivity index (χ3n) is 3.32. The van der Waals surface area contributed by atoms with Crippen molar-refractivity contribution in [2.75, 3.05) is 0 Å². The van der Waals surface area contributed by atoms with Gasteiger partial charge in [0.2, 0.25) is 0 Å². The van der Waals surface area contributed by atoms with Gasteiger partial charge in [0, 0.05) is 5.02 Å². The number of hydrogen-bond acceptors (Lipinski definition) is 2. The summed E-state index contributed by atoms with van der Waals surface area (Å²) in [7, 11) is 0. The normalized spacial score (nSPS) is 19.1. The van der Waals surface area contributed by atoms with Gasteiger partial charge in [-0.1, -0.05) is 24.1 Å². The summed E-state index contributed by atoms with van der Waals surface area (Å²) in [6, 6.07) is 3.56. The second-order valence-electron chi connectivity index (χ2n) is 4.37. The van der Waals surface area contributed by atoms with Gasteiger partial charge in [0.05, 0.1) is 12.1 Å². The average Bonchev–Trinajstić information content (AvgIpc) is 2.14. The molecule has 1 aromatic carbocycles. The summed E-state index contributed by atoms with van der Waals surface area (Å²) in [5.41, 5.74) is 6.56. The van der Waals surface area contributed by atoms with Crippen LogP contribution in [0.4, 0.5) is 4.39 Å². The molecule has 1 saturated carbocycles. The zero-order valence-electron chi connectivity index (χ0n) is 9.27. The lowest BCUT2D eigenvalue weighted by Gasteiger charge is -2.34. The van der Waals surface area contributed by atoms with Crippen LogP contribution in [-0.2, 0) is 0 Å². The van der Waals surface area contributed by atoms with E-state index >= 15 is 0 Å². The van der Waals surface area contributed by atoms with E-state index in [2.05, 4.69) is 0 Å². The third kappa shape index (κ3) is 3.10. The number of halogens is 3. The van der Waals surface area contributed by atoms with E-state index in [4.69, 9.17) is 17.3 Å². The van der Waals surface area contributed by atoms with Crippen molar-refractivity contribution in [1.29, 1.82) is 0 Å². The van der Waals surface area contributed by atoms with E-state index in [0.29, 0.717) is 5.56 Å². The van der Waals surface area contributed by atoms with E-state index < -0.39 is 12.1 Å². The van der Waals surface area contributed by atoms with Crippen LogP contribution < -0.4 is 5.73 Å². The van der Waals surface area contributed by atoms with E-state index in [1.54, 1.807) is 6.07 Å². The smallest absolute Gasteiger partial charge is 0.124 e. The van der Waals surface area contributed by atoms with Crippen LogP contribution in [0.2, 0.25) is 5.02 Å². The van der Waals surface area contributed by atoms with Crippen molar-refractivity contribution in [3.8, 4) is 0 Å². The summed E-state index contributed by atoms with van der Waals surface area (Å²) in [5, 5.41) is 10.3. The lowest BCUT2D eigenvalue weighted by atomic mass is 9.77. The topological polar surface area (TPSA) is 46.2 Å². The monoisotopic (exact) mass is 279 g/mol. The van der Waals surface area contributed by atoms with Gasteiger partial charge >= 0.3 is 0 Å². The zero-order chi connectivity index (χ0) is 11.7. The largest absolute Gasteiger partial charge is 0.391 e. The van der Waals surface area contributed by atoms with Gasteiger partial charge in [-0.3, -0.25) is 0 Å². The second kappa shape index (κ2) is 6.01. The molecule has 0 amide bonds. The Labute approximate surface area is 111 Å². The van der Waals surface area contributed by atoms with Crippen molar-refractivity contribution in [3.05, 3.63) is 34.6 Å². The Morgan fingerprint density at radius 1 is 1.41 bits per heavy atom. The predicted molar refractivity (Wildman–Crippen MR) is 68.9 cm³/mol. The molecule has 0 spiro atoms. The molecule has 5 heteroatoms. The summed E-state index contributed by atoms with van der Waals surface area (Å²) >= 11 is 5.90. The average molecular weight is 280 g/mol. The quantitative estimate of drug-likeness (QED) is 0.893. The Morgan fingerprint density at radius 3 is 2.53 bits per heavy atom. The first-order valence-electron chi connectivity index (χ1n) is 5.48. The molecule has 1 aliphatic rings. The van der Waals surface area contributed by atoms with E-state index in [-0.39, 0.29) is 29.2 Å². The molecule has 0 bridgehead atoms. The molecular weight excluding hydrogens is 264 g/mol. The van der Waals surface area contributed by atoms with Crippen LogP contribution >= 0.6 is 24.0 Å². The van der Waals surface area contributed by atoms with E-state index in [1.807, 2.05) is 0 Å². The first kappa shape index (κ1) is 14.7. The van der Waals surface area contributed by atoms with E-state index in [1.165, 1.54) is 12.1 Å². The van der Waals surface area contributed by atoms with Crippen LogP contribution in [0.3, 0.4) is 0 Å². The van der Waals surface area contributed by atoms with Crippen molar-refractivity contribution in [2.45, 2.75) is 31.4 Å². The van der Waals surface area contributed by atoms with Crippen molar-refractivity contribution < 1.29 is 9.50 Å². The molecule has 2 atom stereocenters. The van der Waals surface area contributed by atoms with E-state index in [9.17, 15) is 9.50 Å². The van der Waals surface area contributed by atoms with Gasteiger partial charge in [-0.05, 0) is 36.5 Å². The van der Waals surface area contributed by atoms with Crippen molar-refractivity contribution in [2.24, 2.45) is 11.7 Å². The van der Waals surface area contributed by atoms with Gasteiger partial charge in [0.15, 0.2) is 0 Å². The molecule has 2 nitrogen and oxygen atoms in total. The predicted octanol–water partition coefficient (Wildman–Crippen LogP) is 3.06. The van der Waals surface area contributed by atoms with Crippen molar-refractivity contribution in [3.63, 3.8) is 0 Å². The number of aliphatic hydroxyl groups is 1. The lowest BCUT2D eigenvalue weighted by Crippen LogP contribution is -2.36. The molecule has 1 aliphatic carbocycles. The summed E-state index contributed by atoms with van der Waals surface area (Å²) in [5.74, 6) is -0.129. The van der Waals surface area contributed by atoms with Gasteiger partial charge in [0.25, 0.3) is 0 Å². The molecule has 2 rings (SSSR count). The first-order chi connectivity index (χ1) is 7.59. The van der Waals surface area contributed by atoms with Gasteiger partial charge in [-0.15, -0.1) is 12.4 Å². The molecule has 17 heavy (non-hydrogen) atoms. The minimum absolute atomic E-state index is 0. The molecule has 96 valence electrons. The fourth-order valence-corrected chi connectivity index (χ4v) is 2.32. The number of benzene rings is 1. The summed E-state index contributed by atoms with van der Waals surface area (Å²) in [6.07, 6.45) is 2.57. The molecule has 0 aromatic heterocycles. The lowest BCUT2D eigenvalue weighted by molar-refractivity contribution is 0.0414. The highest BCUT2D eigenvalue weighted by molar-refractivity contribution is 6.31. The molecule has 1 aromatic rings. The van der Waals surface area contributed by atoms with Crippen LogP contribution in [0.15, 0.2) is 18.2 Å². The van der Waals surface area contributed by atoms with Crippen molar-refractivity contribution >= 4 is 24.0 Å². The van der Waals surface area contributed by atoms with Crippen LogP contribution in [0.25, 0.3) is 0 Å². The van der Waals surface area contributed by atoms with Gasteiger partial charge < -0.3 is 10.8 Å². The van der Waals surface area contributed by atoms with Gasteiger partial charge in [0.1, 0.15) is 5.82 Å². The Morgan fingerprint density at radius 2 is 2.06 bits per heavy atom. The molecule has 3 N–H and O–H groups in total. The number of nitrogens with two attached hydrogens (primary N) is 1. The fraction of sp³-hybridized carbons (Fsp3) is 0.500. The maximum absolute atomic E-state index is 12.9. The second-order valence-corrected chi connectivity index (χ2v) is 4.78. The molecular formula is C12H16Cl2FNO. The first-order valence-corrected chi connectivity index (χ1v) is 5.86. The number of aliphatic hydroxyl groups excluding tert-OH is 1. The number of rotatable bonds is 3. The van der Waals surface area contributed by atoms with Crippen LogP contribution in [-0.4, -0.2) is 11.2 Å². The van der Waals surface area contributed by atoms with Crippen LogP contribution in [0.1, 0.15) is 30.9 Å². The van der Waals surface area contributed by atoms with Gasteiger partial charge in [-0.2, -0.15) is 0 Å². The minimum Gasteiger partial charge on any atom is -0.391 e. The summed E-state index contributed by atoms with van der Waals surface area (Å²) in [4.78, 5) is 0. The maximum Gasteiger partial charge on any atom is 0.124 e. The molecule has 1 fully saturated rings. The Kier molecular flexibility index (Phi) is 5.20. The summed E-state index contributed by atoms with van der Waals surface area (Å²) < 4.78 is 12.9. The zero-order valence-corrected chi connectivity index (χ0v) is 10.8. The van der Waals surface area contributed by atoms with Gasteiger partial charge in [-0.25, -0.2) is 4.39 Å². The highest BCUT2D eigenvalue weighted by Gasteiger charge is 2.31. The third-order valence-corrected chi connectivity index (χ3v) is 3.65. The summed E-state index contributed by atoms with van der Waals surface area (Å²) in [6.45, 7) is 0. The molecule has 0 heterocycles.